The molecule has 1 spiro atoms. The van der Waals surface area contributed by atoms with E-state index < -0.39 is 0 Å². The predicted octanol–water partition coefficient (Wildman–Crippen LogP) is 2.45. The van der Waals surface area contributed by atoms with Gasteiger partial charge in [0.25, 0.3) is 0 Å². The van der Waals surface area contributed by atoms with E-state index in [0.717, 1.165) is 19.3 Å². The lowest BCUT2D eigenvalue weighted by Gasteiger charge is -2.49. The molecule has 2 saturated carbocycles. The third-order valence-corrected chi connectivity index (χ3v) is 5.92. The van der Waals surface area contributed by atoms with E-state index >= 15 is 0 Å². The van der Waals surface area contributed by atoms with Gasteiger partial charge < -0.3 is 9.47 Å². The molecule has 0 aromatic heterocycles. The van der Waals surface area contributed by atoms with Crippen LogP contribution in [0, 0.1) is 17.8 Å². The molecule has 0 bridgehead atoms. The number of hydrogen-bond acceptors (Lipinski definition) is 3. The van der Waals surface area contributed by atoms with E-state index in [2.05, 4.69) is 20.4 Å². The van der Waals surface area contributed by atoms with Crippen molar-refractivity contribution in [2.45, 2.75) is 56.8 Å². The molecular weight excluding hydrogens is 228 g/mol. The molecule has 6 atom stereocenters. The van der Waals surface area contributed by atoms with Gasteiger partial charge in [0.05, 0.1) is 5.60 Å². The van der Waals surface area contributed by atoms with Crippen molar-refractivity contribution in [2.24, 2.45) is 17.8 Å². The van der Waals surface area contributed by atoms with Crippen molar-refractivity contribution in [1.82, 2.24) is 0 Å². The van der Waals surface area contributed by atoms with Crippen LogP contribution in [-0.4, -0.2) is 23.3 Å². The van der Waals surface area contributed by atoms with Crippen LogP contribution in [0.5, 0.6) is 0 Å². The SMILES string of the molecule is C=C1C(=O)O[C@]23[C@H](CC[C@@]4(C)O[C@@H]24)[C@H](C)CC[C@@H]13. The maximum absolute atomic E-state index is 12.0. The summed E-state index contributed by atoms with van der Waals surface area (Å²) in [4.78, 5) is 12.0. The summed E-state index contributed by atoms with van der Waals surface area (Å²) in [7, 11) is 0. The van der Waals surface area contributed by atoms with E-state index in [1.54, 1.807) is 0 Å². The fourth-order valence-electron chi connectivity index (χ4n) is 4.90. The summed E-state index contributed by atoms with van der Waals surface area (Å²) >= 11 is 0. The standard InChI is InChI=1S/C15H20O3/c1-8-4-5-11-9(2)12(16)17-15(11)10(8)6-7-14(3)13(15)18-14/h8,10-11,13H,2,4-7H2,1,3H3/t8-,10-,11+,13-,14-,15+/m1/s1. The van der Waals surface area contributed by atoms with Crippen molar-refractivity contribution in [3.63, 3.8) is 0 Å². The number of carbonyl (C=O) groups is 1. The highest BCUT2D eigenvalue weighted by Crippen LogP contribution is 2.66. The number of epoxide rings is 1. The molecule has 0 N–H and O–H groups in total. The average Bonchev–Trinajstić information content (AvgIpc) is 2.95. The Bertz CT molecular complexity index is 457. The first kappa shape index (κ1) is 11.0. The molecule has 18 heavy (non-hydrogen) atoms. The quantitative estimate of drug-likeness (QED) is 0.375. The van der Waals surface area contributed by atoms with Crippen LogP contribution in [0.15, 0.2) is 12.2 Å². The summed E-state index contributed by atoms with van der Waals surface area (Å²) in [5.41, 5.74) is 0.266. The molecular formula is C15H20O3. The van der Waals surface area contributed by atoms with Gasteiger partial charge in [-0.3, -0.25) is 0 Å². The highest BCUT2D eigenvalue weighted by Gasteiger charge is 2.76. The van der Waals surface area contributed by atoms with E-state index in [9.17, 15) is 4.79 Å². The Kier molecular flexibility index (Phi) is 1.84. The molecule has 3 nitrogen and oxygen atoms in total. The molecule has 4 aliphatic rings. The molecule has 0 amide bonds. The van der Waals surface area contributed by atoms with Crippen molar-refractivity contribution >= 4 is 5.97 Å². The average molecular weight is 248 g/mol. The van der Waals surface area contributed by atoms with Crippen LogP contribution in [-0.2, 0) is 14.3 Å². The lowest BCUT2D eigenvalue weighted by Crippen LogP contribution is -2.57. The first-order valence-corrected chi connectivity index (χ1v) is 7.09. The molecule has 4 fully saturated rings. The highest BCUT2D eigenvalue weighted by atomic mass is 16.7. The van der Waals surface area contributed by atoms with Gasteiger partial charge in [0.1, 0.15) is 6.10 Å². The van der Waals surface area contributed by atoms with Crippen LogP contribution in [0.1, 0.15) is 39.5 Å². The van der Waals surface area contributed by atoms with Crippen molar-refractivity contribution in [3.05, 3.63) is 12.2 Å². The van der Waals surface area contributed by atoms with Gasteiger partial charge in [0, 0.05) is 17.4 Å². The van der Waals surface area contributed by atoms with Gasteiger partial charge in [0.2, 0.25) is 0 Å². The maximum Gasteiger partial charge on any atom is 0.334 e. The fourth-order valence-corrected chi connectivity index (χ4v) is 4.90. The topological polar surface area (TPSA) is 38.8 Å². The van der Waals surface area contributed by atoms with Gasteiger partial charge in [-0.15, -0.1) is 0 Å². The number of hydrogen-bond donors (Lipinski definition) is 0. The summed E-state index contributed by atoms with van der Waals surface area (Å²) in [6.45, 7) is 8.43. The summed E-state index contributed by atoms with van der Waals surface area (Å²) in [5.74, 6) is 1.09. The minimum Gasteiger partial charge on any atom is -0.452 e. The molecule has 2 aliphatic heterocycles. The molecule has 2 saturated heterocycles. The Morgan fingerprint density at radius 2 is 2.11 bits per heavy atom. The van der Waals surface area contributed by atoms with Crippen molar-refractivity contribution in [1.29, 1.82) is 0 Å². The molecule has 3 heteroatoms. The zero-order valence-corrected chi connectivity index (χ0v) is 11.1. The Morgan fingerprint density at radius 3 is 2.89 bits per heavy atom. The van der Waals surface area contributed by atoms with Crippen LogP contribution in [0.3, 0.4) is 0 Å². The number of rotatable bonds is 0. The molecule has 0 radical (unpaired) electrons. The minimum atomic E-state index is -0.376. The van der Waals surface area contributed by atoms with Crippen molar-refractivity contribution in [3.8, 4) is 0 Å². The summed E-state index contributed by atoms with van der Waals surface area (Å²) in [6, 6.07) is 0. The second-order valence-electron chi connectivity index (χ2n) is 6.83. The first-order chi connectivity index (χ1) is 8.49. The summed E-state index contributed by atoms with van der Waals surface area (Å²) < 4.78 is 11.9. The predicted molar refractivity (Wildman–Crippen MR) is 65.9 cm³/mol. The third kappa shape index (κ3) is 1.04. The van der Waals surface area contributed by atoms with E-state index in [4.69, 9.17) is 9.47 Å². The Hall–Kier alpha value is -0.830. The number of carbonyl (C=O) groups excluding carboxylic acids is 1. The molecule has 2 aliphatic carbocycles. The minimum absolute atomic E-state index is 0.0449. The number of fused-ring (bicyclic) bond motifs is 1. The van der Waals surface area contributed by atoms with Crippen LogP contribution in [0.4, 0.5) is 0 Å². The fraction of sp³-hybridized carbons (Fsp3) is 0.800. The summed E-state index contributed by atoms with van der Waals surface area (Å²) in [6.07, 6.45) is 4.53. The van der Waals surface area contributed by atoms with Crippen molar-refractivity contribution < 1.29 is 14.3 Å². The van der Waals surface area contributed by atoms with Gasteiger partial charge in [-0.25, -0.2) is 4.79 Å². The largest absolute Gasteiger partial charge is 0.452 e. The molecule has 2 heterocycles. The van der Waals surface area contributed by atoms with Gasteiger partial charge >= 0.3 is 5.97 Å². The highest BCUT2D eigenvalue weighted by molar-refractivity contribution is 5.92. The zero-order valence-electron chi connectivity index (χ0n) is 11.1. The Labute approximate surface area is 108 Å². The van der Waals surface area contributed by atoms with E-state index in [1.165, 1.54) is 6.42 Å². The molecule has 0 aromatic carbocycles. The second kappa shape index (κ2) is 3.01. The van der Waals surface area contributed by atoms with E-state index in [1.807, 2.05) is 0 Å². The molecule has 0 unspecified atom stereocenters. The van der Waals surface area contributed by atoms with E-state index in [0.29, 0.717) is 17.4 Å². The molecule has 98 valence electrons. The van der Waals surface area contributed by atoms with Crippen LogP contribution < -0.4 is 0 Å². The monoisotopic (exact) mass is 248 g/mol. The third-order valence-electron chi connectivity index (χ3n) is 5.92. The van der Waals surface area contributed by atoms with Gasteiger partial charge in [0.15, 0.2) is 5.60 Å². The second-order valence-corrected chi connectivity index (χ2v) is 6.83. The Morgan fingerprint density at radius 1 is 1.33 bits per heavy atom. The zero-order chi connectivity index (χ0) is 12.7. The number of ether oxygens (including phenoxy) is 2. The Balaban J connectivity index is 1.83. The van der Waals surface area contributed by atoms with Crippen LogP contribution >= 0.6 is 0 Å². The van der Waals surface area contributed by atoms with Gasteiger partial charge in [-0.2, -0.15) is 0 Å². The maximum atomic E-state index is 12.0. The first-order valence-electron chi connectivity index (χ1n) is 7.09. The van der Waals surface area contributed by atoms with Crippen molar-refractivity contribution in [2.75, 3.05) is 0 Å². The number of esters is 1. The summed E-state index contributed by atoms with van der Waals surface area (Å²) in [5, 5.41) is 0. The lowest BCUT2D eigenvalue weighted by atomic mass is 9.56. The molecule has 0 aromatic rings. The van der Waals surface area contributed by atoms with Crippen LogP contribution in [0.2, 0.25) is 0 Å². The lowest BCUT2D eigenvalue weighted by molar-refractivity contribution is -0.168. The van der Waals surface area contributed by atoms with Crippen LogP contribution in [0.25, 0.3) is 0 Å². The van der Waals surface area contributed by atoms with E-state index in [-0.39, 0.29) is 29.2 Å². The van der Waals surface area contributed by atoms with Gasteiger partial charge in [-0.1, -0.05) is 13.5 Å². The smallest absolute Gasteiger partial charge is 0.334 e. The van der Waals surface area contributed by atoms with Gasteiger partial charge in [-0.05, 0) is 38.5 Å². The normalized spacial score (nSPS) is 57.4. The molecule has 4 rings (SSSR count).